The normalized spacial score (nSPS) is 12.1. The smallest absolute Gasteiger partial charge is 0.264 e. The second kappa shape index (κ2) is 14.0. The molecule has 0 saturated carbocycles. The summed E-state index contributed by atoms with van der Waals surface area (Å²) < 4.78 is 29.1. The van der Waals surface area contributed by atoms with E-state index in [-0.39, 0.29) is 17.3 Å². The third-order valence-electron chi connectivity index (χ3n) is 6.55. The Labute approximate surface area is 247 Å². The van der Waals surface area contributed by atoms with Gasteiger partial charge in [-0.05, 0) is 74.2 Å². The van der Waals surface area contributed by atoms with E-state index >= 15 is 0 Å². The minimum atomic E-state index is -4.17. The molecule has 0 radical (unpaired) electrons. The van der Waals surface area contributed by atoms with Gasteiger partial charge in [-0.25, -0.2) is 8.42 Å². The van der Waals surface area contributed by atoms with E-state index < -0.39 is 28.5 Å². The van der Waals surface area contributed by atoms with Gasteiger partial charge >= 0.3 is 0 Å². The van der Waals surface area contributed by atoms with Crippen molar-refractivity contribution in [3.05, 3.63) is 93.5 Å². The predicted molar refractivity (Wildman–Crippen MR) is 161 cm³/mol. The minimum Gasteiger partial charge on any atom is -0.354 e. The van der Waals surface area contributed by atoms with Gasteiger partial charge in [-0.15, -0.1) is 0 Å². The number of amides is 2. The molecule has 0 aliphatic carbocycles. The summed E-state index contributed by atoms with van der Waals surface area (Å²) in [6.07, 6.45) is 1.06. The number of nitrogens with zero attached hydrogens (tertiary/aromatic N) is 2. The molecule has 1 atom stereocenters. The van der Waals surface area contributed by atoms with Gasteiger partial charge in [0.05, 0.1) is 10.6 Å². The first-order valence-corrected chi connectivity index (χ1v) is 15.3. The number of hydrogen-bond acceptors (Lipinski definition) is 4. The number of rotatable bonds is 12. The van der Waals surface area contributed by atoms with E-state index in [0.717, 1.165) is 16.3 Å². The number of benzene rings is 3. The average Bonchev–Trinajstić information content (AvgIpc) is 2.92. The van der Waals surface area contributed by atoms with E-state index in [2.05, 4.69) is 5.32 Å². The Morgan fingerprint density at radius 2 is 1.62 bits per heavy atom. The van der Waals surface area contributed by atoms with Crippen LogP contribution in [0.4, 0.5) is 5.69 Å². The molecule has 3 rings (SSSR count). The number of nitrogens with one attached hydrogen (secondary N) is 1. The lowest BCUT2D eigenvalue weighted by Gasteiger charge is -2.33. The van der Waals surface area contributed by atoms with Crippen LogP contribution in [-0.4, -0.2) is 44.3 Å². The molecule has 0 aliphatic rings. The van der Waals surface area contributed by atoms with E-state index in [9.17, 15) is 18.0 Å². The zero-order valence-corrected chi connectivity index (χ0v) is 25.5. The Bertz CT molecular complexity index is 1450. The molecule has 0 heterocycles. The van der Waals surface area contributed by atoms with Crippen LogP contribution in [0.1, 0.15) is 43.4 Å². The van der Waals surface area contributed by atoms with Crippen LogP contribution in [0.15, 0.2) is 71.6 Å². The lowest BCUT2D eigenvalue weighted by atomic mass is 10.1. The summed E-state index contributed by atoms with van der Waals surface area (Å²) in [6, 6.07) is 17.5. The van der Waals surface area contributed by atoms with E-state index in [1.807, 2.05) is 20.8 Å². The molecule has 0 spiro atoms. The van der Waals surface area contributed by atoms with Gasteiger partial charge in [-0.1, -0.05) is 72.9 Å². The highest BCUT2D eigenvalue weighted by Crippen LogP contribution is 2.30. The summed E-state index contributed by atoms with van der Waals surface area (Å²) in [4.78, 5) is 28.7. The van der Waals surface area contributed by atoms with Crippen molar-refractivity contribution in [3.63, 3.8) is 0 Å². The summed E-state index contributed by atoms with van der Waals surface area (Å²) >= 11 is 12.6. The van der Waals surface area contributed by atoms with Crippen LogP contribution < -0.4 is 9.62 Å². The minimum absolute atomic E-state index is 0.0363. The van der Waals surface area contributed by atoms with Gasteiger partial charge in [0.2, 0.25) is 11.8 Å². The maximum atomic E-state index is 14.1. The molecule has 1 N–H and O–H groups in total. The fourth-order valence-electron chi connectivity index (χ4n) is 4.35. The zero-order chi connectivity index (χ0) is 29.4. The summed E-state index contributed by atoms with van der Waals surface area (Å²) in [5.74, 6) is -0.844. The van der Waals surface area contributed by atoms with Gasteiger partial charge in [-0.3, -0.25) is 13.9 Å². The standard InChI is InChI=1S/C30H35Cl2N3O4S/c1-5-17-33-30(37)27(6-2)34(19-23-9-7-8-10-26(23)32)29(36)20-35(28-16-13-24(31)18-22(28)4)40(38,39)25-14-11-21(3)12-15-25/h7-16,18,27H,5-6,17,19-20H2,1-4H3,(H,33,37)/t27-/m0/s1. The van der Waals surface area contributed by atoms with E-state index in [0.29, 0.717) is 39.8 Å². The SMILES string of the molecule is CCCNC(=O)[C@H](CC)N(Cc1ccccc1Cl)C(=O)CN(c1ccc(Cl)cc1C)S(=O)(=O)c1ccc(C)cc1. The number of halogens is 2. The van der Waals surface area contributed by atoms with Crippen LogP contribution in [0.3, 0.4) is 0 Å². The van der Waals surface area contributed by atoms with E-state index in [4.69, 9.17) is 23.2 Å². The summed E-state index contributed by atoms with van der Waals surface area (Å²) in [5, 5.41) is 3.76. The van der Waals surface area contributed by atoms with E-state index in [1.54, 1.807) is 61.5 Å². The van der Waals surface area contributed by atoms with Crippen molar-refractivity contribution >= 4 is 50.7 Å². The number of anilines is 1. The monoisotopic (exact) mass is 603 g/mol. The van der Waals surface area contributed by atoms with Gasteiger partial charge in [0.25, 0.3) is 10.0 Å². The lowest BCUT2D eigenvalue weighted by Crippen LogP contribution is -2.52. The molecule has 7 nitrogen and oxygen atoms in total. The molecule has 0 fully saturated rings. The highest BCUT2D eigenvalue weighted by Gasteiger charge is 2.34. The van der Waals surface area contributed by atoms with Crippen LogP contribution >= 0.6 is 23.2 Å². The molecular formula is C30H35Cl2N3O4S. The molecule has 0 bridgehead atoms. The van der Waals surface area contributed by atoms with Gasteiger partial charge in [0.15, 0.2) is 0 Å². The van der Waals surface area contributed by atoms with Crippen LogP contribution in [0.5, 0.6) is 0 Å². The Balaban J connectivity index is 2.10. The van der Waals surface area contributed by atoms with Crippen LogP contribution in [-0.2, 0) is 26.2 Å². The maximum Gasteiger partial charge on any atom is 0.264 e. The topological polar surface area (TPSA) is 86.8 Å². The summed E-state index contributed by atoms with van der Waals surface area (Å²) in [7, 11) is -4.17. The van der Waals surface area contributed by atoms with E-state index in [1.165, 1.54) is 17.0 Å². The predicted octanol–water partition coefficient (Wildman–Crippen LogP) is 6.14. The van der Waals surface area contributed by atoms with Crippen molar-refractivity contribution in [2.75, 3.05) is 17.4 Å². The highest BCUT2D eigenvalue weighted by atomic mass is 35.5. The Kier molecular flexibility index (Phi) is 11.0. The largest absolute Gasteiger partial charge is 0.354 e. The number of aryl methyl sites for hydroxylation is 2. The molecule has 214 valence electrons. The molecule has 3 aromatic carbocycles. The fraction of sp³-hybridized carbons (Fsp3) is 0.333. The second-order valence-electron chi connectivity index (χ2n) is 9.58. The number of carbonyl (C=O) groups excluding carboxylic acids is 2. The van der Waals surface area contributed by atoms with Gasteiger partial charge in [0.1, 0.15) is 12.6 Å². The van der Waals surface area contributed by atoms with Crippen molar-refractivity contribution in [2.45, 2.75) is 58.0 Å². The number of hydrogen-bond donors (Lipinski definition) is 1. The molecule has 10 heteroatoms. The highest BCUT2D eigenvalue weighted by molar-refractivity contribution is 7.92. The zero-order valence-electron chi connectivity index (χ0n) is 23.2. The van der Waals surface area contributed by atoms with Gasteiger partial charge in [-0.2, -0.15) is 0 Å². The first-order chi connectivity index (χ1) is 19.0. The average molecular weight is 605 g/mol. The van der Waals surface area contributed by atoms with Crippen molar-refractivity contribution in [2.24, 2.45) is 0 Å². The molecule has 0 saturated heterocycles. The molecular weight excluding hydrogens is 569 g/mol. The molecule has 0 aliphatic heterocycles. The Morgan fingerprint density at radius 1 is 0.950 bits per heavy atom. The molecule has 0 unspecified atom stereocenters. The van der Waals surface area contributed by atoms with Crippen molar-refractivity contribution in [3.8, 4) is 0 Å². The summed E-state index contributed by atoms with van der Waals surface area (Å²) in [5.41, 5.74) is 2.45. The van der Waals surface area contributed by atoms with Crippen molar-refractivity contribution < 1.29 is 18.0 Å². The third-order valence-corrected chi connectivity index (χ3v) is 8.93. The maximum absolute atomic E-state index is 14.1. The van der Waals surface area contributed by atoms with Gasteiger partial charge < -0.3 is 10.2 Å². The molecule has 3 aromatic rings. The molecule has 40 heavy (non-hydrogen) atoms. The quantitative estimate of drug-likeness (QED) is 0.269. The molecule has 0 aromatic heterocycles. The van der Waals surface area contributed by atoms with Gasteiger partial charge in [0, 0.05) is 23.1 Å². The fourth-order valence-corrected chi connectivity index (χ4v) is 6.25. The lowest BCUT2D eigenvalue weighted by molar-refractivity contribution is -0.140. The second-order valence-corrected chi connectivity index (χ2v) is 12.3. The number of carbonyl (C=O) groups is 2. The Hall–Kier alpha value is -3.07. The van der Waals surface area contributed by atoms with Crippen LogP contribution in [0, 0.1) is 13.8 Å². The third kappa shape index (κ3) is 7.56. The summed E-state index contributed by atoms with van der Waals surface area (Å²) in [6.45, 7) is 7.32. The Morgan fingerprint density at radius 3 is 2.23 bits per heavy atom. The first-order valence-electron chi connectivity index (χ1n) is 13.2. The molecule has 2 amide bonds. The number of sulfonamides is 1. The van der Waals surface area contributed by atoms with Crippen molar-refractivity contribution in [1.29, 1.82) is 0 Å². The van der Waals surface area contributed by atoms with Crippen molar-refractivity contribution in [1.82, 2.24) is 10.2 Å². The van der Waals surface area contributed by atoms with Crippen LogP contribution in [0.2, 0.25) is 10.0 Å². The first kappa shape index (κ1) is 31.5. The van der Waals surface area contributed by atoms with Crippen LogP contribution in [0.25, 0.3) is 0 Å².